The second-order valence-electron chi connectivity index (χ2n) is 11.5. The summed E-state index contributed by atoms with van der Waals surface area (Å²) in [6, 6.07) is 20.5. The summed E-state index contributed by atoms with van der Waals surface area (Å²) in [5, 5.41) is 14.5. The van der Waals surface area contributed by atoms with Gasteiger partial charge >= 0.3 is 0 Å². The van der Waals surface area contributed by atoms with Gasteiger partial charge in [-0.05, 0) is 73.7 Å². The molecule has 10 nitrogen and oxygen atoms in total. The third-order valence-electron chi connectivity index (χ3n) is 8.60. The van der Waals surface area contributed by atoms with Crippen molar-refractivity contribution in [3.63, 3.8) is 0 Å². The quantitative estimate of drug-likeness (QED) is 0.150. The van der Waals surface area contributed by atoms with Crippen LogP contribution in [0.3, 0.4) is 0 Å². The van der Waals surface area contributed by atoms with E-state index in [0.717, 1.165) is 55.5 Å². The van der Waals surface area contributed by atoms with Gasteiger partial charge in [-0.25, -0.2) is 4.98 Å². The van der Waals surface area contributed by atoms with E-state index in [1.807, 2.05) is 42.6 Å². The number of fused-ring (bicyclic) bond motifs is 1. The lowest BCUT2D eigenvalue weighted by molar-refractivity contribution is -0.384. The Kier molecular flexibility index (Phi) is 7.20. The van der Waals surface area contributed by atoms with E-state index in [4.69, 9.17) is 4.99 Å². The van der Waals surface area contributed by atoms with E-state index >= 15 is 0 Å². The van der Waals surface area contributed by atoms with Crippen molar-refractivity contribution in [1.82, 2.24) is 14.9 Å². The fourth-order valence-electron chi connectivity index (χ4n) is 6.31. The number of nitro groups is 1. The molecule has 2 N–H and O–H groups in total. The van der Waals surface area contributed by atoms with Crippen LogP contribution < -0.4 is 10.2 Å². The number of rotatable bonds is 8. The first-order chi connectivity index (χ1) is 21.0. The summed E-state index contributed by atoms with van der Waals surface area (Å²) in [4.78, 5) is 42.2. The van der Waals surface area contributed by atoms with Gasteiger partial charge < -0.3 is 15.2 Å². The van der Waals surface area contributed by atoms with Gasteiger partial charge in [0, 0.05) is 43.0 Å². The maximum Gasteiger partial charge on any atom is 0.269 e. The number of carbonyl (C=O) groups excluding carboxylic acids is 1. The zero-order valence-electron chi connectivity index (χ0n) is 23.8. The molecule has 2 saturated heterocycles. The number of likely N-dealkylation sites (tertiary alicyclic amines) is 1. The fourth-order valence-corrected chi connectivity index (χ4v) is 6.31. The maximum absolute atomic E-state index is 13.4. The lowest BCUT2D eigenvalue weighted by atomic mass is 9.90. The highest BCUT2D eigenvalue weighted by Gasteiger charge is 2.36. The number of aliphatic imine (C=N–C) groups is 1. The van der Waals surface area contributed by atoms with Crippen molar-refractivity contribution in [2.45, 2.75) is 38.1 Å². The van der Waals surface area contributed by atoms with E-state index in [1.165, 1.54) is 43.4 Å². The van der Waals surface area contributed by atoms with Crippen LogP contribution in [0.4, 0.5) is 23.0 Å². The van der Waals surface area contributed by atoms with Gasteiger partial charge in [-0.1, -0.05) is 36.4 Å². The highest BCUT2D eigenvalue weighted by molar-refractivity contribution is 6.24. The zero-order valence-corrected chi connectivity index (χ0v) is 23.8. The number of imidazole rings is 1. The number of nitro benzene ring substituents is 1. The number of amides is 1. The van der Waals surface area contributed by atoms with Crippen LogP contribution in [0.1, 0.15) is 48.3 Å². The standard InChI is InChI=1S/C33H33N7O3/c41-32-30(27-19-26(40(42)43)13-14-28(27)36-32)31(24-7-5-22(6-8-24)21-38-15-1-2-16-38)35-25-11-9-23(10-12-25)29-20-34-33(37-29)39-17-3-4-18-39/h5-14,19-20,30H,1-4,15-18,21H2,(H,34,37)(H,36,41). The molecule has 1 atom stereocenters. The van der Waals surface area contributed by atoms with Gasteiger partial charge in [-0.15, -0.1) is 0 Å². The number of hydrogen-bond donors (Lipinski definition) is 2. The van der Waals surface area contributed by atoms with Gasteiger partial charge in [0.2, 0.25) is 11.9 Å². The van der Waals surface area contributed by atoms with E-state index in [0.29, 0.717) is 22.6 Å². The Balaban J connectivity index is 1.23. The third kappa shape index (κ3) is 5.53. The minimum absolute atomic E-state index is 0.0576. The predicted octanol–water partition coefficient (Wildman–Crippen LogP) is 6.04. The van der Waals surface area contributed by atoms with Crippen molar-refractivity contribution in [1.29, 1.82) is 0 Å². The van der Waals surface area contributed by atoms with Gasteiger partial charge in [0.25, 0.3) is 5.69 Å². The highest BCUT2D eigenvalue weighted by Crippen LogP contribution is 2.38. The van der Waals surface area contributed by atoms with Crippen molar-refractivity contribution < 1.29 is 9.72 Å². The molecule has 1 aromatic heterocycles. The van der Waals surface area contributed by atoms with Crippen LogP contribution in [-0.2, 0) is 11.3 Å². The summed E-state index contributed by atoms with van der Waals surface area (Å²) in [5.74, 6) is -0.140. The Labute approximate surface area is 249 Å². The molecule has 0 saturated carbocycles. The Morgan fingerprint density at radius 1 is 0.953 bits per heavy atom. The second kappa shape index (κ2) is 11.4. The average Bonchev–Trinajstić information content (AvgIpc) is 3.84. The number of benzene rings is 3. The minimum Gasteiger partial charge on any atom is -0.342 e. The van der Waals surface area contributed by atoms with Crippen LogP contribution in [0.2, 0.25) is 0 Å². The number of aromatic amines is 1. The van der Waals surface area contributed by atoms with Crippen molar-refractivity contribution >= 4 is 34.6 Å². The molecule has 0 aliphatic carbocycles. The lowest BCUT2D eigenvalue weighted by Crippen LogP contribution is -2.22. The number of carbonyl (C=O) groups is 1. The van der Waals surface area contributed by atoms with Crippen LogP contribution in [0.15, 0.2) is 77.9 Å². The van der Waals surface area contributed by atoms with Gasteiger partial charge in [-0.3, -0.25) is 24.8 Å². The molecule has 0 spiro atoms. The average molecular weight is 576 g/mol. The van der Waals surface area contributed by atoms with Crippen LogP contribution in [0.5, 0.6) is 0 Å². The Morgan fingerprint density at radius 3 is 2.40 bits per heavy atom. The Hall–Kier alpha value is -4.83. The topological polar surface area (TPSA) is 120 Å². The number of non-ortho nitro benzene ring substituents is 1. The molecular weight excluding hydrogens is 542 g/mol. The minimum atomic E-state index is -0.783. The fraction of sp³-hybridized carbons (Fsp3) is 0.303. The van der Waals surface area contributed by atoms with E-state index in [1.54, 1.807) is 6.07 Å². The predicted molar refractivity (Wildman–Crippen MR) is 167 cm³/mol. The molecule has 43 heavy (non-hydrogen) atoms. The molecule has 3 aliphatic heterocycles. The smallest absolute Gasteiger partial charge is 0.269 e. The first kappa shape index (κ1) is 27.0. The molecule has 1 unspecified atom stereocenters. The van der Waals surface area contributed by atoms with E-state index < -0.39 is 10.8 Å². The van der Waals surface area contributed by atoms with Crippen molar-refractivity contribution in [3.8, 4) is 11.3 Å². The summed E-state index contributed by atoms with van der Waals surface area (Å²) in [7, 11) is 0. The van der Waals surface area contributed by atoms with Crippen molar-refractivity contribution in [3.05, 3.63) is 99.7 Å². The largest absolute Gasteiger partial charge is 0.342 e. The first-order valence-electron chi connectivity index (χ1n) is 14.9. The molecule has 10 heteroatoms. The maximum atomic E-state index is 13.4. The monoisotopic (exact) mass is 575 g/mol. The number of anilines is 2. The number of aromatic nitrogens is 2. The van der Waals surface area contributed by atoms with E-state index in [9.17, 15) is 14.9 Å². The van der Waals surface area contributed by atoms with Crippen LogP contribution in [-0.4, -0.2) is 57.6 Å². The van der Waals surface area contributed by atoms with E-state index in [-0.39, 0.29) is 11.6 Å². The summed E-state index contributed by atoms with van der Waals surface area (Å²) in [5.41, 5.74) is 6.24. The second-order valence-corrected chi connectivity index (χ2v) is 11.5. The summed E-state index contributed by atoms with van der Waals surface area (Å²) >= 11 is 0. The summed E-state index contributed by atoms with van der Waals surface area (Å²) < 4.78 is 0. The third-order valence-corrected chi connectivity index (χ3v) is 8.60. The van der Waals surface area contributed by atoms with Gasteiger partial charge in [0.05, 0.1) is 28.2 Å². The van der Waals surface area contributed by atoms with Crippen LogP contribution in [0.25, 0.3) is 11.3 Å². The van der Waals surface area contributed by atoms with Crippen LogP contribution >= 0.6 is 0 Å². The van der Waals surface area contributed by atoms with Gasteiger partial charge in [0.1, 0.15) is 5.92 Å². The van der Waals surface area contributed by atoms with Gasteiger partial charge in [0.15, 0.2) is 0 Å². The molecule has 1 amide bonds. The zero-order chi connectivity index (χ0) is 29.3. The molecule has 3 aliphatic rings. The molecule has 0 radical (unpaired) electrons. The Morgan fingerprint density at radius 2 is 1.67 bits per heavy atom. The number of nitrogens with zero attached hydrogens (tertiary/aromatic N) is 5. The SMILES string of the molecule is O=C1Nc2ccc([N+](=O)[O-])cc2C1C(=Nc1ccc(-c2cnc(N3CCCC3)[nH]2)cc1)c1ccc(CN2CCCC2)cc1. The van der Waals surface area contributed by atoms with Gasteiger partial charge in [-0.2, -0.15) is 0 Å². The molecule has 4 aromatic rings. The first-order valence-corrected chi connectivity index (χ1v) is 14.9. The molecule has 4 heterocycles. The molecule has 3 aromatic carbocycles. The molecule has 0 bridgehead atoms. The van der Waals surface area contributed by atoms with E-state index in [2.05, 4.69) is 37.2 Å². The van der Waals surface area contributed by atoms with Crippen LogP contribution in [0, 0.1) is 10.1 Å². The number of H-pyrrole nitrogens is 1. The summed E-state index contributed by atoms with van der Waals surface area (Å²) in [6.07, 6.45) is 6.69. The highest BCUT2D eigenvalue weighted by atomic mass is 16.6. The van der Waals surface area contributed by atoms with Crippen molar-refractivity contribution in [2.24, 2.45) is 4.99 Å². The molecule has 7 rings (SSSR count). The molecule has 2 fully saturated rings. The number of hydrogen-bond acceptors (Lipinski definition) is 7. The summed E-state index contributed by atoms with van der Waals surface area (Å²) in [6.45, 7) is 5.15. The molecule has 218 valence electrons. The molecular formula is C33H33N7O3. The number of nitrogens with one attached hydrogen (secondary N) is 2. The lowest BCUT2D eigenvalue weighted by Gasteiger charge is -2.17. The Bertz CT molecular complexity index is 1680. The van der Waals surface area contributed by atoms with Crippen molar-refractivity contribution in [2.75, 3.05) is 36.4 Å². The normalized spacial score (nSPS) is 18.7.